The molecule has 1 aliphatic heterocycles. The van der Waals surface area contributed by atoms with Crippen molar-refractivity contribution in [1.82, 2.24) is 14.9 Å². The zero-order valence-corrected chi connectivity index (χ0v) is 14.4. The van der Waals surface area contributed by atoms with Crippen molar-refractivity contribution in [3.05, 3.63) is 23.8 Å². The number of halogens is 4. The lowest BCUT2D eigenvalue weighted by molar-refractivity contribution is -0.138. The maximum Gasteiger partial charge on any atom is 0.419 e. The quantitative estimate of drug-likeness (QED) is 0.751. The number of ether oxygens (including phenoxy) is 1. The molecule has 0 atom stereocenters. The third-order valence-corrected chi connectivity index (χ3v) is 3.82. The third-order valence-electron chi connectivity index (χ3n) is 3.82. The van der Waals surface area contributed by atoms with Gasteiger partial charge in [-0.25, -0.2) is 19.2 Å². The number of likely N-dealkylation sites (tertiary alicyclic amines) is 1. The van der Waals surface area contributed by atoms with Gasteiger partial charge in [0.05, 0.1) is 5.56 Å². The monoisotopic (exact) mass is 363 g/mol. The summed E-state index contributed by atoms with van der Waals surface area (Å²) in [4.78, 5) is 20.6. The maximum atomic E-state index is 14.9. The van der Waals surface area contributed by atoms with Gasteiger partial charge in [-0.15, -0.1) is 0 Å². The number of carbonyl (C=O) groups is 1. The van der Waals surface area contributed by atoms with Crippen LogP contribution in [-0.4, -0.2) is 45.3 Å². The third kappa shape index (κ3) is 5.54. The molecule has 1 aromatic heterocycles. The largest absolute Gasteiger partial charge is 0.444 e. The Morgan fingerprint density at radius 2 is 1.72 bits per heavy atom. The van der Waals surface area contributed by atoms with Crippen molar-refractivity contribution >= 4 is 6.09 Å². The van der Waals surface area contributed by atoms with Crippen LogP contribution >= 0.6 is 0 Å². The predicted molar refractivity (Wildman–Crippen MR) is 81.6 cm³/mol. The van der Waals surface area contributed by atoms with Crippen LogP contribution in [0.1, 0.15) is 45.0 Å². The lowest BCUT2D eigenvalue weighted by Gasteiger charge is -2.36. The molecule has 1 aliphatic rings. The number of nitrogens with zero attached hydrogens (tertiary/aromatic N) is 3. The standard InChI is InChI=1S/C16H21F4N3O2/c1-14(2,3)25-13(24)23-6-4-15(17,5-7-23)8-12-21-9-11(10-22-12)16(18,19)20/h9-10H,4-8H2,1-3H3. The fourth-order valence-corrected chi connectivity index (χ4v) is 2.47. The minimum Gasteiger partial charge on any atom is -0.444 e. The highest BCUT2D eigenvalue weighted by Crippen LogP contribution is 2.31. The molecule has 1 aromatic rings. The highest BCUT2D eigenvalue weighted by Gasteiger charge is 2.38. The van der Waals surface area contributed by atoms with Gasteiger partial charge in [0.1, 0.15) is 17.1 Å². The van der Waals surface area contributed by atoms with Crippen molar-refractivity contribution in [3.8, 4) is 0 Å². The molecule has 2 heterocycles. The number of amides is 1. The molecular weight excluding hydrogens is 342 g/mol. The average Bonchev–Trinajstić information content (AvgIpc) is 2.45. The van der Waals surface area contributed by atoms with Gasteiger partial charge in [0.2, 0.25) is 0 Å². The molecule has 0 radical (unpaired) electrons. The Balaban J connectivity index is 1.93. The first-order chi connectivity index (χ1) is 11.4. The second-order valence-corrected chi connectivity index (χ2v) is 7.18. The highest BCUT2D eigenvalue weighted by molar-refractivity contribution is 5.68. The number of piperidine rings is 1. The number of carbonyl (C=O) groups excluding carboxylic acids is 1. The summed E-state index contributed by atoms with van der Waals surface area (Å²) in [5.41, 5.74) is -3.25. The molecule has 0 aromatic carbocycles. The van der Waals surface area contributed by atoms with Gasteiger partial charge in [-0.1, -0.05) is 0 Å². The van der Waals surface area contributed by atoms with Gasteiger partial charge < -0.3 is 9.64 Å². The number of hydrogen-bond donors (Lipinski definition) is 0. The van der Waals surface area contributed by atoms with Crippen LogP contribution in [0.15, 0.2) is 12.4 Å². The van der Waals surface area contributed by atoms with E-state index in [1.807, 2.05) is 0 Å². The summed E-state index contributed by atoms with van der Waals surface area (Å²) >= 11 is 0. The van der Waals surface area contributed by atoms with Gasteiger partial charge in [-0.05, 0) is 33.6 Å². The van der Waals surface area contributed by atoms with Crippen molar-refractivity contribution < 1.29 is 27.1 Å². The molecule has 0 aliphatic carbocycles. The Bertz CT molecular complexity index is 603. The minimum absolute atomic E-state index is 0.0150. The molecule has 0 spiro atoms. The zero-order valence-electron chi connectivity index (χ0n) is 14.4. The van der Waals surface area contributed by atoms with Crippen molar-refractivity contribution in [1.29, 1.82) is 0 Å². The van der Waals surface area contributed by atoms with Crippen molar-refractivity contribution in [2.45, 2.75) is 57.5 Å². The van der Waals surface area contributed by atoms with E-state index in [1.54, 1.807) is 20.8 Å². The normalized spacial score (nSPS) is 18.1. The van der Waals surface area contributed by atoms with E-state index in [0.717, 1.165) is 0 Å². The van der Waals surface area contributed by atoms with Crippen LogP contribution in [0, 0.1) is 0 Å². The molecular formula is C16H21F4N3O2. The fraction of sp³-hybridized carbons (Fsp3) is 0.688. The lowest BCUT2D eigenvalue weighted by atomic mass is 9.90. The van der Waals surface area contributed by atoms with Gasteiger partial charge in [0.15, 0.2) is 0 Å². The molecule has 0 N–H and O–H groups in total. The van der Waals surface area contributed by atoms with E-state index in [0.29, 0.717) is 12.4 Å². The van der Waals surface area contributed by atoms with E-state index in [-0.39, 0.29) is 38.2 Å². The zero-order chi connectivity index (χ0) is 18.9. The van der Waals surface area contributed by atoms with Crippen LogP contribution in [0.4, 0.5) is 22.4 Å². The summed E-state index contributed by atoms with van der Waals surface area (Å²) in [6.07, 6.45) is -3.80. The summed E-state index contributed by atoms with van der Waals surface area (Å²) in [7, 11) is 0. The lowest BCUT2D eigenvalue weighted by Crippen LogP contribution is -2.47. The summed E-state index contributed by atoms with van der Waals surface area (Å²) in [6.45, 7) is 5.58. The smallest absolute Gasteiger partial charge is 0.419 e. The first-order valence-corrected chi connectivity index (χ1v) is 7.93. The van der Waals surface area contributed by atoms with E-state index in [2.05, 4.69) is 9.97 Å². The van der Waals surface area contributed by atoms with Crippen molar-refractivity contribution in [3.63, 3.8) is 0 Å². The number of aromatic nitrogens is 2. The van der Waals surface area contributed by atoms with Gasteiger partial charge in [-0.2, -0.15) is 13.2 Å². The molecule has 1 amide bonds. The summed E-state index contributed by atoms with van der Waals surface area (Å²) in [6, 6.07) is 0. The molecule has 5 nitrogen and oxygen atoms in total. The van der Waals surface area contributed by atoms with E-state index in [1.165, 1.54) is 4.90 Å². The Morgan fingerprint density at radius 1 is 1.20 bits per heavy atom. The Morgan fingerprint density at radius 3 is 2.16 bits per heavy atom. The molecule has 0 bridgehead atoms. The molecule has 140 valence electrons. The maximum absolute atomic E-state index is 14.9. The van der Waals surface area contributed by atoms with E-state index < -0.39 is 29.1 Å². The molecule has 1 saturated heterocycles. The average molecular weight is 363 g/mol. The topological polar surface area (TPSA) is 55.3 Å². The molecule has 25 heavy (non-hydrogen) atoms. The van der Waals surface area contributed by atoms with E-state index >= 15 is 0 Å². The number of hydrogen-bond acceptors (Lipinski definition) is 4. The van der Waals surface area contributed by atoms with Crippen LogP contribution in [0.25, 0.3) is 0 Å². The number of rotatable bonds is 2. The van der Waals surface area contributed by atoms with Gasteiger partial charge in [-0.3, -0.25) is 0 Å². The molecule has 0 saturated carbocycles. The van der Waals surface area contributed by atoms with Crippen molar-refractivity contribution in [2.24, 2.45) is 0 Å². The van der Waals surface area contributed by atoms with Crippen LogP contribution in [0.5, 0.6) is 0 Å². The van der Waals surface area contributed by atoms with Gasteiger partial charge in [0.25, 0.3) is 0 Å². The van der Waals surface area contributed by atoms with Crippen LogP contribution in [-0.2, 0) is 17.3 Å². The second kappa shape index (κ2) is 6.76. The Hall–Kier alpha value is -1.93. The molecule has 9 heteroatoms. The fourth-order valence-electron chi connectivity index (χ4n) is 2.47. The van der Waals surface area contributed by atoms with Crippen molar-refractivity contribution in [2.75, 3.05) is 13.1 Å². The minimum atomic E-state index is -4.52. The van der Waals surface area contributed by atoms with E-state index in [9.17, 15) is 22.4 Å². The number of alkyl halides is 4. The first kappa shape index (κ1) is 19.4. The Kier molecular flexibility index (Phi) is 5.24. The van der Waals surface area contributed by atoms with Gasteiger partial charge >= 0.3 is 12.3 Å². The summed E-state index contributed by atoms with van der Waals surface area (Å²) in [5, 5.41) is 0. The predicted octanol–water partition coefficient (Wildman–Crippen LogP) is 3.78. The molecule has 2 rings (SSSR count). The first-order valence-electron chi connectivity index (χ1n) is 7.93. The summed E-state index contributed by atoms with van der Waals surface area (Å²) < 4.78 is 57.6. The van der Waals surface area contributed by atoms with Crippen LogP contribution in [0.3, 0.4) is 0 Å². The Labute approximate surface area is 143 Å². The molecule has 1 fully saturated rings. The van der Waals surface area contributed by atoms with Crippen LogP contribution < -0.4 is 0 Å². The van der Waals surface area contributed by atoms with Gasteiger partial charge in [0, 0.05) is 31.9 Å². The second-order valence-electron chi connectivity index (χ2n) is 7.18. The van der Waals surface area contributed by atoms with E-state index in [4.69, 9.17) is 4.74 Å². The van der Waals surface area contributed by atoms with Crippen LogP contribution in [0.2, 0.25) is 0 Å². The summed E-state index contributed by atoms with van der Waals surface area (Å²) in [5.74, 6) is 0.0150. The SMILES string of the molecule is CC(C)(C)OC(=O)N1CCC(F)(Cc2ncc(C(F)(F)F)cn2)CC1. The molecule has 0 unspecified atom stereocenters. The highest BCUT2D eigenvalue weighted by atomic mass is 19.4.